The first-order chi connectivity index (χ1) is 10.1. The molecule has 1 atom stereocenters. The number of nitrogens with one attached hydrogen (secondary N) is 1. The molecule has 1 aliphatic heterocycles. The van der Waals surface area contributed by atoms with Gasteiger partial charge in [-0.1, -0.05) is 0 Å². The van der Waals surface area contributed by atoms with Gasteiger partial charge in [0.05, 0.1) is 29.0 Å². The lowest BCUT2D eigenvalue weighted by atomic mass is 10.2. The van der Waals surface area contributed by atoms with Crippen molar-refractivity contribution in [1.29, 1.82) is 0 Å². The molecule has 114 valence electrons. The topological polar surface area (TPSA) is 76.3 Å². The highest BCUT2D eigenvalue weighted by Crippen LogP contribution is 2.37. The zero-order chi connectivity index (χ0) is 14.8. The third-order valence-corrected chi connectivity index (χ3v) is 5.02. The van der Waals surface area contributed by atoms with Gasteiger partial charge in [0.15, 0.2) is 0 Å². The van der Waals surface area contributed by atoms with Gasteiger partial charge in [-0.15, -0.1) is 11.3 Å². The van der Waals surface area contributed by atoms with Crippen molar-refractivity contribution in [2.75, 3.05) is 44.3 Å². The number of nitrogens with zero attached hydrogens (tertiary/aromatic N) is 3. The highest BCUT2D eigenvalue weighted by Gasteiger charge is 2.20. The highest BCUT2D eigenvalue weighted by atomic mass is 32.1. The fourth-order valence-electron chi connectivity index (χ4n) is 2.35. The largest absolute Gasteiger partial charge is 0.382 e. The number of morpholine rings is 1. The third kappa shape index (κ3) is 3.34. The summed E-state index contributed by atoms with van der Waals surface area (Å²) < 4.78 is 10.0. The molecular weight excluding hydrogens is 306 g/mol. The molecule has 8 heteroatoms. The van der Waals surface area contributed by atoms with E-state index in [0.29, 0.717) is 5.82 Å². The predicted octanol–water partition coefficient (Wildman–Crippen LogP) is 1.90. The van der Waals surface area contributed by atoms with E-state index in [0.717, 1.165) is 47.5 Å². The summed E-state index contributed by atoms with van der Waals surface area (Å²) in [5.74, 6) is 0.537. The van der Waals surface area contributed by atoms with Gasteiger partial charge in [-0.2, -0.15) is 4.37 Å². The number of anilines is 2. The summed E-state index contributed by atoms with van der Waals surface area (Å²) in [5.41, 5.74) is 7.80. The first-order valence-electron chi connectivity index (χ1n) is 6.85. The van der Waals surface area contributed by atoms with E-state index in [9.17, 15) is 0 Å². The SMILES string of the molecule is Cc1nc(-c2c(N)nsc2NCC2CN(C)CCO2)cs1. The Morgan fingerprint density at radius 1 is 1.57 bits per heavy atom. The summed E-state index contributed by atoms with van der Waals surface area (Å²) in [4.78, 5) is 6.79. The second kappa shape index (κ2) is 6.27. The average Bonchev–Trinajstić information content (AvgIpc) is 3.02. The number of aryl methyl sites for hydroxylation is 1. The van der Waals surface area contributed by atoms with Crippen LogP contribution in [0.1, 0.15) is 5.01 Å². The Hall–Kier alpha value is -1.22. The standard InChI is InChI=1S/C13H19N5OS2/c1-8-16-10(7-20-8)11-12(14)17-21-13(11)15-5-9-6-18(2)3-4-19-9/h7,9,15H,3-6H2,1-2H3,(H2,14,17). The molecule has 0 saturated carbocycles. The molecule has 0 bridgehead atoms. The van der Waals surface area contributed by atoms with Crippen LogP contribution in [-0.2, 0) is 4.74 Å². The molecule has 0 spiro atoms. The maximum absolute atomic E-state index is 6.00. The van der Waals surface area contributed by atoms with Gasteiger partial charge in [0.2, 0.25) is 0 Å². The van der Waals surface area contributed by atoms with Crippen LogP contribution in [0.4, 0.5) is 10.8 Å². The Labute approximate surface area is 132 Å². The predicted molar refractivity (Wildman–Crippen MR) is 88.1 cm³/mol. The number of nitrogen functional groups attached to an aromatic ring is 1. The van der Waals surface area contributed by atoms with E-state index in [2.05, 4.69) is 26.6 Å². The highest BCUT2D eigenvalue weighted by molar-refractivity contribution is 7.11. The van der Waals surface area contributed by atoms with E-state index < -0.39 is 0 Å². The minimum Gasteiger partial charge on any atom is -0.382 e. The summed E-state index contributed by atoms with van der Waals surface area (Å²) in [5, 5.41) is 7.43. The molecule has 1 saturated heterocycles. The van der Waals surface area contributed by atoms with Crippen molar-refractivity contribution in [3.63, 3.8) is 0 Å². The third-order valence-electron chi connectivity index (χ3n) is 3.43. The first-order valence-corrected chi connectivity index (χ1v) is 8.50. The fourth-order valence-corrected chi connectivity index (χ4v) is 3.68. The number of hydrogen-bond acceptors (Lipinski definition) is 8. The van der Waals surface area contributed by atoms with Gasteiger partial charge in [0.1, 0.15) is 10.8 Å². The van der Waals surface area contributed by atoms with E-state index >= 15 is 0 Å². The first kappa shape index (κ1) is 14.7. The molecule has 0 aliphatic carbocycles. The molecule has 3 rings (SSSR count). The van der Waals surface area contributed by atoms with Crippen LogP contribution in [0.25, 0.3) is 11.3 Å². The quantitative estimate of drug-likeness (QED) is 0.894. The summed E-state index contributed by atoms with van der Waals surface area (Å²) in [7, 11) is 2.11. The van der Waals surface area contributed by atoms with Crippen LogP contribution in [0.15, 0.2) is 5.38 Å². The second-order valence-electron chi connectivity index (χ2n) is 5.16. The summed E-state index contributed by atoms with van der Waals surface area (Å²) in [6, 6.07) is 0. The van der Waals surface area contributed by atoms with Crippen LogP contribution >= 0.6 is 22.9 Å². The number of aromatic nitrogens is 2. The molecule has 2 aromatic rings. The maximum atomic E-state index is 6.00. The Balaban J connectivity index is 1.71. The molecular formula is C13H19N5OS2. The number of thiazole rings is 1. The molecule has 3 heterocycles. The molecule has 0 amide bonds. The van der Waals surface area contributed by atoms with Crippen LogP contribution in [0.5, 0.6) is 0 Å². The minimum absolute atomic E-state index is 0.192. The number of likely N-dealkylation sites (N-methyl/N-ethyl adjacent to an activating group) is 1. The van der Waals surface area contributed by atoms with E-state index in [4.69, 9.17) is 10.5 Å². The molecule has 1 unspecified atom stereocenters. The maximum Gasteiger partial charge on any atom is 0.148 e. The Bertz CT molecular complexity index is 611. The molecule has 2 aromatic heterocycles. The molecule has 1 fully saturated rings. The van der Waals surface area contributed by atoms with Gasteiger partial charge in [-0.05, 0) is 25.5 Å². The molecule has 3 N–H and O–H groups in total. The van der Waals surface area contributed by atoms with Gasteiger partial charge in [-0.3, -0.25) is 0 Å². The van der Waals surface area contributed by atoms with Crippen LogP contribution in [-0.4, -0.2) is 53.7 Å². The molecule has 6 nitrogen and oxygen atoms in total. The number of hydrogen-bond donors (Lipinski definition) is 2. The summed E-state index contributed by atoms with van der Waals surface area (Å²) >= 11 is 3.00. The van der Waals surface area contributed by atoms with Crippen LogP contribution in [0.3, 0.4) is 0 Å². The van der Waals surface area contributed by atoms with Crippen molar-refractivity contribution in [3.05, 3.63) is 10.4 Å². The lowest BCUT2D eigenvalue weighted by molar-refractivity contribution is -0.0116. The van der Waals surface area contributed by atoms with Gasteiger partial charge < -0.3 is 20.7 Å². The van der Waals surface area contributed by atoms with Gasteiger partial charge >= 0.3 is 0 Å². The van der Waals surface area contributed by atoms with Crippen LogP contribution < -0.4 is 11.1 Å². The van der Waals surface area contributed by atoms with Crippen molar-refractivity contribution < 1.29 is 4.74 Å². The van der Waals surface area contributed by atoms with E-state index in [1.165, 1.54) is 11.5 Å². The van der Waals surface area contributed by atoms with Crippen molar-refractivity contribution >= 4 is 33.7 Å². The summed E-state index contributed by atoms with van der Waals surface area (Å²) in [6.07, 6.45) is 0.192. The normalized spacial score (nSPS) is 19.8. The Morgan fingerprint density at radius 2 is 2.43 bits per heavy atom. The van der Waals surface area contributed by atoms with Crippen molar-refractivity contribution in [2.45, 2.75) is 13.0 Å². The smallest absolute Gasteiger partial charge is 0.148 e. The van der Waals surface area contributed by atoms with Crippen molar-refractivity contribution in [2.24, 2.45) is 0 Å². The Morgan fingerprint density at radius 3 is 3.14 bits per heavy atom. The molecule has 0 radical (unpaired) electrons. The van der Waals surface area contributed by atoms with Crippen molar-refractivity contribution in [3.8, 4) is 11.3 Å². The fraction of sp³-hybridized carbons (Fsp3) is 0.538. The molecule has 1 aliphatic rings. The Kier molecular flexibility index (Phi) is 4.39. The lowest BCUT2D eigenvalue weighted by Gasteiger charge is -2.30. The van der Waals surface area contributed by atoms with E-state index in [1.54, 1.807) is 11.3 Å². The van der Waals surface area contributed by atoms with Gasteiger partial charge in [0, 0.05) is 25.0 Å². The number of nitrogens with two attached hydrogens (primary N) is 1. The zero-order valence-electron chi connectivity index (χ0n) is 12.1. The molecule has 21 heavy (non-hydrogen) atoms. The number of rotatable bonds is 4. The van der Waals surface area contributed by atoms with Gasteiger partial charge in [-0.25, -0.2) is 4.98 Å². The van der Waals surface area contributed by atoms with Gasteiger partial charge in [0.25, 0.3) is 0 Å². The van der Waals surface area contributed by atoms with E-state index in [1.807, 2.05) is 12.3 Å². The van der Waals surface area contributed by atoms with Crippen molar-refractivity contribution in [1.82, 2.24) is 14.3 Å². The second-order valence-corrected chi connectivity index (χ2v) is 7.00. The molecule has 0 aromatic carbocycles. The van der Waals surface area contributed by atoms with Crippen LogP contribution in [0.2, 0.25) is 0 Å². The summed E-state index contributed by atoms with van der Waals surface area (Å²) in [6.45, 7) is 5.46. The average molecular weight is 325 g/mol. The monoisotopic (exact) mass is 325 g/mol. The number of ether oxygens (including phenoxy) is 1. The van der Waals surface area contributed by atoms with E-state index in [-0.39, 0.29) is 6.10 Å². The zero-order valence-corrected chi connectivity index (χ0v) is 13.8. The van der Waals surface area contributed by atoms with Crippen LogP contribution in [0, 0.1) is 6.92 Å². The lowest BCUT2D eigenvalue weighted by Crippen LogP contribution is -2.43. The minimum atomic E-state index is 0.192.